The molecule has 2 aromatic carbocycles. The Balaban J connectivity index is 1.42. The van der Waals surface area contributed by atoms with Gasteiger partial charge in [-0.2, -0.15) is 0 Å². The summed E-state index contributed by atoms with van der Waals surface area (Å²) in [5, 5.41) is 1.03. The summed E-state index contributed by atoms with van der Waals surface area (Å²) in [5.41, 5.74) is 1.34. The maximum Gasteiger partial charge on any atom is 0.270 e. The molecule has 1 aromatic heterocycles. The van der Waals surface area contributed by atoms with Crippen LogP contribution in [0.1, 0.15) is 5.76 Å². The van der Waals surface area contributed by atoms with E-state index in [4.69, 9.17) is 49.3 Å². The van der Waals surface area contributed by atoms with Crippen molar-refractivity contribution in [2.45, 2.75) is 0 Å². The van der Waals surface area contributed by atoms with E-state index in [0.717, 1.165) is 0 Å². The highest BCUT2D eigenvalue weighted by Gasteiger charge is 2.34. The van der Waals surface area contributed by atoms with Crippen LogP contribution in [0.5, 0.6) is 11.5 Å². The maximum absolute atomic E-state index is 13.0. The predicted octanol–water partition coefficient (Wildman–Crippen LogP) is 6.39. The van der Waals surface area contributed by atoms with E-state index in [1.165, 1.54) is 16.7 Å². The van der Waals surface area contributed by atoms with Crippen LogP contribution in [0, 0.1) is 0 Å². The molecule has 5 nitrogen and oxygen atoms in total. The number of carbonyl (C=O) groups excluding carboxylic acids is 1. The number of amides is 1. The topological polar surface area (TPSA) is 51.9 Å². The zero-order valence-electron chi connectivity index (χ0n) is 15.1. The summed E-state index contributed by atoms with van der Waals surface area (Å²) >= 11 is 18.8. The van der Waals surface area contributed by atoms with Crippen molar-refractivity contribution >= 4 is 69.2 Å². The first kappa shape index (κ1) is 19.5. The Bertz CT molecular complexity index is 1240. The second kappa shape index (κ2) is 7.67. The van der Waals surface area contributed by atoms with Crippen molar-refractivity contribution in [3.05, 3.63) is 69.2 Å². The minimum atomic E-state index is -0.230. The summed E-state index contributed by atoms with van der Waals surface area (Å²) in [6.07, 6.45) is 1.67. The fraction of sp³-hybridized carbons (Fsp3) is 0.0476. The number of thioether (sulfide) groups is 1. The first-order chi connectivity index (χ1) is 14.5. The molecule has 9 heteroatoms. The highest BCUT2D eigenvalue weighted by atomic mass is 35.5. The Kier molecular flexibility index (Phi) is 4.99. The molecule has 1 saturated heterocycles. The molecule has 3 heterocycles. The van der Waals surface area contributed by atoms with Crippen LogP contribution in [0.2, 0.25) is 10.0 Å². The number of furan rings is 1. The van der Waals surface area contributed by atoms with Gasteiger partial charge >= 0.3 is 0 Å². The minimum Gasteiger partial charge on any atom is -0.457 e. The Morgan fingerprint density at radius 1 is 1.03 bits per heavy atom. The molecular weight excluding hydrogens is 465 g/mol. The van der Waals surface area contributed by atoms with E-state index >= 15 is 0 Å². The van der Waals surface area contributed by atoms with Gasteiger partial charge in [0.15, 0.2) is 15.8 Å². The lowest BCUT2D eigenvalue weighted by molar-refractivity contribution is -0.113. The maximum atomic E-state index is 13.0. The Morgan fingerprint density at radius 3 is 2.70 bits per heavy atom. The van der Waals surface area contributed by atoms with Gasteiger partial charge < -0.3 is 13.9 Å². The number of anilines is 1. The first-order valence-corrected chi connectivity index (χ1v) is 10.7. The number of ether oxygens (including phenoxy) is 2. The van der Waals surface area contributed by atoms with Gasteiger partial charge in [0.25, 0.3) is 5.91 Å². The largest absolute Gasteiger partial charge is 0.457 e. The van der Waals surface area contributed by atoms with Gasteiger partial charge in [-0.05, 0) is 42.5 Å². The number of hydrogen-bond donors (Lipinski definition) is 0. The Hall–Kier alpha value is -2.45. The van der Waals surface area contributed by atoms with Crippen molar-refractivity contribution in [2.24, 2.45) is 0 Å². The quantitative estimate of drug-likeness (QED) is 0.323. The summed E-state index contributed by atoms with van der Waals surface area (Å²) in [6.45, 7) is 0.162. The van der Waals surface area contributed by atoms with E-state index < -0.39 is 0 Å². The smallest absolute Gasteiger partial charge is 0.270 e. The van der Waals surface area contributed by atoms with Gasteiger partial charge in [0, 0.05) is 22.7 Å². The Morgan fingerprint density at radius 2 is 1.87 bits per heavy atom. The number of halogens is 2. The van der Waals surface area contributed by atoms with Gasteiger partial charge in [0.1, 0.15) is 11.5 Å². The minimum absolute atomic E-state index is 0.162. The number of rotatable bonds is 3. The number of fused-ring (bicyclic) bond motifs is 1. The van der Waals surface area contributed by atoms with Crippen LogP contribution in [-0.4, -0.2) is 17.0 Å². The van der Waals surface area contributed by atoms with E-state index in [1.807, 2.05) is 0 Å². The van der Waals surface area contributed by atoms with Crippen molar-refractivity contribution in [3.63, 3.8) is 0 Å². The lowest BCUT2D eigenvalue weighted by Gasteiger charge is -2.14. The van der Waals surface area contributed by atoms with Crippen LogP contribution in [0.25, 0.3) is 17.4 Å². The number of thiocarbonyl (C=S) groups is 1. The van der Waals surface area contributed by atoms with E-state index in [2.05, 4.69) is 0 Å². The number of carbonyl (C=O) groups is 1. The lowest BCUT2D eigenvalue weighted by atomic mass is 10.2. The molecule has 30 heavy (non-hydrogen) atoms. The molecular formula is C21H11Cl2NO4S2. The monoisotopic (exact) mass is 475 g/mol. The summed E-state index contributed by atoms with van der Waals surface area (Å²) in [6, 6.07) is 14.0. The second-order valence-corrected chi connectivity index (χ2v) is 8.90. The summed E-state index contributed by atoms with van der Waals surface area (Å²) in [4.78, 5) is 14.9. The standard InChI is InChI=1S/C21H11Cl2NO4S2/c22-11-1-4-14(15(23)7-11)16-6-3-13(28-16)9-19-20(25)24(21(29)30-19)12-2-5-17-18(8-12)27-10-26-17/h1-9H,10H2/b19-9+. The highest BCUT2D eigenvalue weighted by Crippen LogP contribution is 2.41. The van der Waals surface area contributed by atoms with Gasteiger partial charge in [0.2, 0.25) is 6.79 Å². The fourth-order valence-corrected chi connectivity index (χ4v) is 4.89. The third kappa shape index (κ3) is 3.48. The molecule has 150 valence electrons. The zero-order chi connectivity index (χ0) is 20.8. The lowest BCUT2D eigenvalue weighted by Crippen LogP contribution is -2.27. The van der Waals surface area contributed by atoms with Crippen LogP contribution in [0.4, 0.5) is 5.69 Å². The number of hydrogen-bond acceptors (Lipinski definition) is 6. The molecule has 1 fully saturated rings. The molecule has 1 amide bonds. The molecule has 3 aromatic rings. The molecule has 0 bridgehead atoms. The molecule has 0 radical (unpaired) electrons. The van der Waals surface area contributed by atoms with Crippen molar-refractivity contribution in [3.8, 4) is 22.8 Å². The van der Waals surface area contributed by atoms with E-state index in [0.29, 0.717) is 53.5 Å². The second-order valence-electron chi connectivity index (χ2n) is 6.38. The van der Waals surface area contributed by atoms with Crippen molar-refractivity contribution < 1.29 is 18.7 Å². The molecule has 5 rings (SSSR count). The molecule has 2 aliphatic rings. The third-order valence-corrected chi connectivity index (χ3v) is 6.35. The molecule has 0 aliphatic carbocycles. The molecule has 0 unspecified atom stereocenters. The average molecular weight is 476 g/mol. The van der Waals surface area contributed by atoms with Crippen LogP contribution < -0.4 is 14.4 Å². The fourth-order valence-electron chi connectivity index (χ4n) is 3.11. The van der Waals surface area contributed by atoms with Crippen LogP contribution >= 0.6 is 47.2 Å². The number of benzene rings is 2. The van der Waals surface area contributed by atoms with Crippen LogP contribution in [0.3, 0.4) is 0 Å². The van der Waals surface area contributed by atoms with E-state index in [1.54, 1.807) is 54.6 Å². The van der Waals surface area contributed by atoms with Crippen molar-refractivity contribution in [2.75, 3.05) is 11.7 Å². The van der Waals surface area contributed by atoms with E-state index in [9.17, 15) is 4.79 Å². The average Bonchev–Trinajstić information content (AvgIpc) is 3.42. The van der Waals surface area contributed by atoms with Crippen molar-refractivity contribution in [1.82, 2.24) is 0 Å². The zero-order valence-corrected chi connectivity index (χ0v) is 18.2. The summed E-state index contributed by atoms with van der Waals surface area (Å²) in [7, 11) is 0. The van der Waals surface area contributed by atoms with Crippen LogP contribution in [0.15, 0.2) is 57.9 Å². The van der Waals surface area contributed by atoms with Crippen molar-refractivity contribution in [1.29, 1.82) is 0 Å². The normalized spacial score (nSPS) is 16.7. The van der Waals surface area contributed by atoms with E-state index in [-0.39, 0.29) is 12.7 Å². The number of nitrogens with zero attached hydrogens (tertiary/aromatic N) is 1. The Labute approximate surface area is 191 Å². The first-order valence-electron chi connectivity index (χ1n) is 8.72. The van der Waals surface area contributed by atoms with Gasteiger partial charge in [-0.25, -0.2) is 0 Å². The predicted molar refractivity (Wildman–Crippen MR) is 122 cm³/mol. The highest BCUT2D eigenvalue weighted by molar-refractivity contribution is 8.27. The molecule has 0 spiro atoms. The van der Waals surface area contributed by atoms with Crippen LogP contribution in [-0.2, 0) is 4.79 Å². The third-order valence-electron chi connectivity index (χ3n) is 4.50. The summed E-state index contributed by atoms with van der Waals surface area (Å²) in [5.74, 6) is 2.09. The van der Waals surface area contributed by atoms with Gasteiger partial charge in [-0.15, -0.1) is 0 Å². The molecule has 2 aliphatic heterocycles. The molecule has 0 saturated carbocycles. The summed E-state index contributed by atoms with van der Waals surface area (Å²) < 4.78 is 17.0. The molecule has 0 atom stereocenters. The molecule has 0 N–H and O–H groups in total. The van der Waals surface area contributed by atoms with Gasteiger partial charge in [-0.3, -0.25) is 9.69 Å². The van der Waals surface area contributed by atoms with Gasteiger partial charge in [-0.1, -0.05) is 47.2 Å². The van der Waals surface area contributed by atoms with Gasteiger partial charge in [0.05, 0.1) is 15.6 Å². The SMILES string of the molecule is O=C1/C(=C\c2ccc(-c3ccc(Cl)cc3Cl)o2)SC(=S)N1c1ccc2c(c1)OCO2.